The number of piperidine rings is 1. The largest absolute Gasteiger partial charge is 0.496 e. The minimum absolute atomic E-state index is 0.00380. The summed E-state index contributed by atoms with van der Waals surface area (Å²) in [5, 5.41) is 4.99. The number of carbonyl (C=O) groups excluding carboxylic acids is 2. The Labute approximate surface area is 185 Å². The van der Waals surface area contributed by atoms with Crippen molar-refractivity contribution >= 4 is 23.2 Å². The number of benzene rings is 1. The highest BCUT2D eigenvalue weighted by atomic mass is 32.1. The molecule has 0 bridgehead atoms. The first-order valence-electron chi connectivity index (χ1n) is 10.3. The Kier molecular flexibility index (Phi) is 6.36. The summed E-state index contributed by atoms with van der Waals surface area (Å²) in [7, 11) is 1.61. The lowest BCUT2D eigenvalue weighted by atomic mass is 10.0. The number of methoxy groups -OCH3 is 1. The number of likely N-dealkylation sites (tertiary alicyclic amines) is 1. The molecule has 1 N–H and O–H groups in total. The summed E-state index contributed by atoms with van der Waals surface area (Å²) in [5.74, 6) is 1.53. The molecule has 1 aliphatic heterocycles. The molecule has 1 aromatic carbocycles. The molecule has 31 heavy (non-hydrogen) atoms. The molecular weight excluding hydrogens is 414 g/mol. The topological polar surface area (TPSA) is 84.7 Å². The van der Waals surface area contributed by atoms with Crippen molar-refractivity contribution < 1.29 is 18.7 Å². The van der Waals surface area contributed by atoms with E-state index < -0.39 is 0 Å². The third kappa shape index (κ3) is 4.80. The summed E-state index contributed by atoms with van der Waals surface area (Å²) in [6.45, 7) is 2.96. The number of aromatic nitrogens is 1. The number of hydrogen-bond acceptors (Lipinski definition) is 6. The maximum absolute atomic E-state index is 12.7. The van der Waals surface area contributed by atoms with Crippen LogP contribution < -0.4 is 10.1 Å². The zero-order valence-corrected chi connectivity index (χ0v) is 18.4. The highest BCUT2D eigenvalue weighted by molar-refractivity contribution is 7.13. The number of ether oxygens (including phenoxy) is 1. The van der Waals surface area contributed by atoms with Crippen LogP contribution in [0.1, 0.15) is 34.7 Å². The van der Waals surface area contributed by atoms with Crippen LogP contribution in [-0.2, 0) is 11.2 Å². The fourth-order valence-corrected chi connectivity index (χ4v) is 4.41. The van der Waals surface area contributed by atoms with E-state index in [0.29, 0.717) is 49.7 Å². The molecule has 0 atom stereocenters. The number of oxazole rings is 1. The average Bonchev–Trinajstić information content (AvgIpc) is 3.44. The van der Waals surface area contributed by atoms with Gasteiger partial charge in [-0.2, -0.15) is 0 Å². The van der Waals surface area contributed by atoms with E-state index >= 15 is 0 Å². The van der Waals surface area contributed by atoms with Gasteiger partial charge in [-0.3, -0.25) is 9.59 Å². The second kappa shape index (κ2) is 9.34. The van der Waals surface area contributed by atoms with Gasteiger partial charge in [0.15, 0.2) is 5.69 Å². The van der Waals surface area contributed by atoms with E-state index in [0.717, 1.165) is 16.2 Å². The van der Waals surface area contributed by atoms with Crippen LogP contribution in [-0.4, -0.2) is 47.9 Å². The van der Waals surface area contributed by atoms with Crippen LogP contribution in [0, 0.1) is 6.92 Å². The van der Waals surface area contributed by atoms with Crippen molar-refractivity contribution in [3.8, 4) is 16.5 Å². The van der Waals surface area contributed by atoms with Gasteiger partial charge in [0.1, 0.15) is 11.5 Å². The minimum Gasteiger partial charge on any atom is -0.496 e. The molecule has 162 valence electrons. The molecule has 0 spiro atoms. The third-order valence-electron chi connectivity index (χ3n) is 5.46. The molecule has 0 unspecified atom stereocenters. The smallest absolute Gasteiger partial charge is 0.273 e. The summed E-state index contributed by atoms with van der Waals surface area (Å²) in [6.07, 6.45) is 1.72. The van der Waals surface area contributed by atoms with Crippen molar-refractivity contribution in [2.45, 2.75) is 32.2 Å². The second-order valence-corrected chi connectivity index (χ2v) is 8.47. The van der Waals surface area contributed by atoms with Crippen molar-refractivity contribution in [3.63, 3.8) is 0 Å². The molecule has 1 saturated heterocycles. The van der Waals surface area contributed by atoms with Crippen molar-refractivity contribution in [3.05, 3.63) is 58.8 Å². The van der Waals surface area contributed by atoms with Gasteiger partial charge in [-0.1, -0.05) is 24.3 Å². The van der Waals surface area contributed by atoms with Gasteiger partial charge in [0.05, 0.1) is 18.4 Å². The van der Waals surface area contributed by atoms with Gasteiger partial charge < -0.3 is 19.4 Å². The van der Waals surface area contributed by atoms with E-state index in [4.69, 9.17) is 9.15 Å². The van der Waals surface area contributed by atoms with E-state index in [-0.39, 0.29) is 17.9 Å². The number of rotatable bonds is 6. The Balaban J connectivity index is 1.31. The summed E-state index contributed by atoms with van der Waals surface area (Å²) >= 11 is 1.52. The van der Waals surface area contributed by atoms with Gasteiger partial charge in [0, 0.05) is 24.7 Å². The first kappa shape index (κ1) is 21.1. The number of hydrogen-bond donors (Lipinski definition) is 1. The predicted octanol–water partition coefficient (Wildman–Crippen LogP) is 3.68. The van der Waals surface area contributed by atoms with Crippen LogP contribution in [0.2, 0.25) is 0 Å². The molecule has 3 aromatic rings. The number of nitrogens with zero attached hydrogens (tertiary/aromatic N) is 2. The second-order valence-electron chi connectivity index (χ2n) is 7.52. The molecule has 2 amide bonds. The Morgan fingerprint density at radius 3 is 2.71 bits per heavy atom. The van der Waals surface area contributed by atoms with E-state index in [1.165, 1.54) is 11.3 Å². The molecule has 3 heterocycles. The van der Waals surface area contributed by atoms with Crippen molar-refractivity contribution in [1.29, 1.82) is 0 Å². The molecule has 0 saturated carbocycles. The van der Waals surface area contributed by atoms with Gasteiger partial charge in [-0.05, 0) is 37.3 Å². The maximum Gasteiger partial charge on any atom is 0.273 e. The molecule has 7 nitrogen and oxygen atoms in total. The highest BCUT2D eigenvalue weighted by Crippen LogP contribution is 2.26. The van der Waals surface area contributed by atoms with Gasteiger partial charge >= 0.3 is 0 Å². The van der Waals surface area contributed by atoms with Crippen LogP contribution in [0.15, 0.2) is 46.2 Å². The number of thiophene rings is 1. The number of nitrogens with one attached hydrogen (secondary N) is 1. The number of para-hydroxylation sites is 1. The Morgan fingerprint density at radius 2 is 2.00 bits per heavy atom. The van der Waals surface area contributed by atoms with Gasteiger partial charge in [-0.15, -0.1) is 11.3 Å². The van der Waals surface area contributed by atoms with Crippen LogP contribution in [0.5, 0.6) is 5.75 Å². The molecule has 4 rings (SSSR count). The zero-order valence-electron chi connectivity index (χ0n) is 17.6. The average molecular weight is 440 g/mol. The molecule has 2 aromatic heterocycles. The maximum atomic E-state index is 12.7. The lowest BCUT2D eigenvalue weighted by Gasteiger charge is -2.32. The van der Waals surface area contributed by atoms with Crippen molar-refractivity contribution in [2.75, 3.05) is 20.2 Å². The van der Waals surface area contributed by atoms with Crippen molar-refractivity contribution in [2.24, 2.45) is 0 Å². The molecule has 1 fully saturated rings. The molecule has 1 aliphatic rings. The minimum atomic E-state index is -0.233. The van der Waals surface area contributed by atoms with E-state index in [2.05, 4.69) is 10.3 Å². The SMILES string of the molecule is COc1ccccc1CC(=O)N1CCC(NC(=O)c2nc(-c3cccs3)oc2C)CC1. The van der Waals surface area contributed by atoms with E-state index in [1.807, 2.05) is 46.7 Å². The Morgan fingerprint density at radius 1 is 1.23 bits per heavy atom. The lowest BCUT2D eigenvalue weighted by Crippen LogP contribution is -2.47. The summed E-state index contributed by atoms with van der Waals surface area (Å²) in [6, 6.07) is 11.4. The fraction of sp³-hybridized carbons (Fsp3) is 0.348. The predicted molar refractivity (Wildman–Crippen MR) is 118 cm³/mol. The first-order chi connectivity index (χ1) is 15.0. The lowest BCUT2D eigenvalue weighted by molar-refractivity contribution is -0.131. The quantitative estimate of drug-likeness (QED) is 0.633. The Hall–Kier alpha value is -3.13. The van der Waals surface area contributed by atoms with Gasteiger partial charge in [0.2, 0.25) is 11.8 Å². The van der Waals surface area contributed by atoms with Crippen LogP contribution in [0.4, 0.5) is 0 Å². The zero-order chi connectivity index (χ0) is 21.8. The van der Waals surface area contributed by atoms with E-state index in [1.54, 1.807) is 14.0 Å². The number of amides is 2. The standard InChI is InChI=1S/C23H25N3O4S/c1-15-21(25-23(30-15)19-8-5-13-31-19)22(28)24-17-9-11-26(12-10-17)20(27)14-16-6-3-4-7-18(16)29-2/h3-8,13,17H,9-12,14H2,1-2H3,(H,24,28). The fourth-order valence-electron chi connectivity index (χ4n) is 3.76. The Bertz CT molecular complexity index is 1050. The van der Waals surface area contributed by atoms with E-state index in [9.17, 15) is 9.59 Å². The van der Waals surface area contributed by atoms with Crippen LogP contribution in [0.3, 0.4) is 0 Å². The monoisotopic (exact) mass is 439 g/mol. The number of aryl methyl sites for hydroxylation is 1. The number of carbonyl (C=O) groups is 2. The van der Waals surface area contributed by atoms with Crippen molar-refractivity contribution in [1.82, 2.24) is 15.2 Å². The highest BCUT2D eigenvalue weighted by Gasteiger charge is 2.26. The summed E-state index contributed by atoms with van der Waals surface area (Å²) < 4.78 is 11.0. The normalized spacial score (nSPS) is 14.5. The molecule has 8 heteroatoms. The van der Waals surface area contributed by atoms with Gasteiger partial charge in [0.25, 0.3) is 5.91 Å². The first-order valence-corrected chi connectivity index (χ1v) is 11.1. The summed E-state index contributed by atoms with van der Waals surface area (Å²) in [4.78, 5) is 32.6. The molecule has 0 aliphatic carbocycles. The molecule has 0 radical (unpaired) electrons. The van der Waals surface area contributed by atoms with Crippen LogP contribution in [0.25, 0.3) is 10.8 Å². The van der Waals surface area contributed by atoms with Crippen LogP contribution >= 0.6 is 11.3 Å². The van der Waals surface area contributed by atoms with Gasteiger partial charge in [-0.25, -0.2) is 4.98 Å². The third-order valence-corrected chi connectivity index (χ3v) is 6.32. The molecular formula is C23H25N3O4S. The summed E-state index contributed by atoms with van der Waals surface area (Å²) in [5.41, 5.74) is 1.20.